The monoisotopic (exact) mass is 340 g/mol. The molecule has 1 aromatic heterocycles. The van der Waals surface area contributed by atoms with E-state index in [9.17, 15) is 9.90 Å². The maximum Gasteiger partial charge on any atom is 0.270 e. The number of nitrogens with zero attached hydrogens (tertiary/aromatic N) is 1. The quantitative estimate of drug-likeness (QED) is 0.903. The molecule has 2 aromatic rings. The Kier molecular flexibility index (Phi) is 4.59. The number of carbonyl (C=O) groups excluding carboxylic acids is 1. The third-order valence-corrected chi connectivity index (χ3v) is 5.45. The molecule has 1 aliphatic carbocycles. The number of hydrogen-bond donors (Lipinski definition) is 2. The highest BCUT2D eigenvalue weighted by atomic mass is 16.5. The minimum absolute atomic E-state index is 0.00502. The highest BCUT2D eigenvalue weighted by Crippen LogP contribution is 2.33. The molecule has 2 aliphatic rings. The zero-order chi connectivity index (χ0) is 17.2. The number of carbonyl (C=O) groups is 1. The SMILES string of the molecule is O=C(c1ccc(-c2ccccc2)[nH]1)N1CCOC[C@@H]1[C@@H]1CCC[C@@H]1O. The van der Waals surface area contributed by atoms with Crippen LogP contribution in [0.25, 0.3) is 11.3 Å². The molecule has 2 heterocycles. The topological polar surface area (TPSA) is 65.6 Å². The highest BCUT2D eigenvalue weighted by Gasteiger charge is 2.39. The maximum absolute atomic E-state index is 13.1. The van der Waals surface area contributed by atoms with Gasteiger partial charge in [-0.15, -0.1) is 0 Å². The fraction of sp³-hybridized carbons (Fsp3) is 0.450. The minimum Gasteiger partial charge on any atom is -0.393 e. The predicted molar refractivity (Wildman–Crippen MR) is 95.2 cm³/mol. The fourth-order valence-electron chi connectivity index (χ4n) is 4.11. The summed E-state index contributed by atoms with van der Waals surface area (Å²) in [5.41, 5.74) is 2.60. The molecule has 3 atom stereocenters. The van der Waals surface area contributed by atoms with Gasteiger partial charge in [-0.25, -0.2) is 0 Å². The summed E-state index contributed by atoms with van der Waals surface area (Å²) in [5.74, 6) is 0.113. The molecule has 25 heavy (non-hydrogen) atoms. The number of nitrogens with one attached hydrogen (secondary N) is 1. The van der Waals surface area contributed by atoms with Crippen molar-refractivity contribution in [2.45, 2.75) is 31.4 Å². The van der Waals surface area contributed by atoms with Gasteiger partial charge in [0.1, 0.15) is 5.69 Å². The molecule has 0 unspecified atom stereocenters. The summed E-state index contributed by atoms with van der Waals surface area (Å²) in [7, 11) is 0. The number of aliphatic hydroxyl groups is 1. The smallest absolute Gasteiger partial charge is 0.270 e. The molecule has 0 bridgehead atoms. The van der Waals surface area contributed by atoms with Gasteiger partial charge >= 0.3 is 0 Å². The molecule has 2 N–H and O–H groups in total. The van der Waals surface area contributed by atoms with E-state index in [1.165, 1.54) is 0 Å². The summed E-state index contributed by atoms with van der Waals surface area (Å²) >= 11 is 0. The van der Waals surface area contributed by atoms with Crippen molar-refractivity contribution < 1.29 is 14.6 Å². The van der Waals surface area contributed by atoms with E-state index in [1.54, 1.807) is 0 Å². The van der Waals surface area contributed by atoms with Crippen LogP contribution in [-0.2, 0) is 4.74 Å². The standard InChI is InChI=1S/C20H24N2O3/c23-19-8-4-7-15(19)18-13-25-12-11-22(18)20(24)17-10-9-16(21-17)14-5-2-1-3-6-14/h1-3,5-6,9-10,15,18-19,21,23H,4,7-8,11-13H2/t15-,18+,19-/m0/s1. The normalized spacial score (nSPS) is 26.8. The molecule has 1 aliphatic heterocycles. The van der Waals surface area contributed by atoms with Crippen LogP contribution in [0.4, 0.5) is 0 Å². The number of aliphatic hydroxyl groups excluding tert-OH is 1. The lowest BCUT2D eigenvalue weighted by molar-refractivity contribution is -0.0385. The van der Waals surface area contributed by atoms with Gasteiger partial charge in [-0.2, -0.15) is 0 Å². The van der Waals surface area contributed by atoms with Crippen LogP contribution in [0.1, 0.15) is 29.8 Å². The number of benzene rings is 1. The van der Waals surface area contributed by atoms with E-state index in [0.29, 0.717) is 25.5 Å². The Balaban J connectivity index is 1.55. The lowest BCUT2D eigenvalue weighted by Crippen LogP contribution is -2.53. The molecule has 2 fully saturated rings. The van der Waals surface area contributed by atoms with Crippen molar-refractivity contribution in [2.75, 3.05) is 19.8 Å². The molecular weight excluding hydrogens is 316 g/mol. The number of H-pyrrole nitrogens is 1. The Hall–Kier alpha value is -2.11. The lowest BCUT2D eigenvalue weighted by atomic mass is 9.94. The zero-order valence-electron chi connectivity index (χ0n) is 14.2. The Morgan fingerprint density at radius 3 is 2.76 bits per heavy atom. The predicted octanol–water partition coefficient (Wildman–Crippen LogP) is 2.68. The number of hydrogen-bond acceptors (Lipinski definition) is 3. The van der Waals surface area contributed by atoms with Gasteiger partial charge in [0.05, 0.1) is 25.4 Å². The van der Waals surface area contributed by atoms with Gasteiger partial charge in [-0.05, 0) is 30.5 Å². The fourth-order valence-corrected chi connectivity index (χ4v) is 4.11. The first-order valence-electron chi connectivity index (χ1n) is 9.05. The molecule has 1 saturated carbocycles. The van der Waals surface area contributed by atoms with Gasteiger partial charge in [0.25, 0.3) is 5.91 Å². The van der Waals surface area contributed by atoms with E-state index >= 15 is 0 Å². The van der Waals surface area contributed by atoms with Crippen LogP contribution in [0.5, 0.6) is 0 Å². The summed E-state index contributed by atoms with van der Waals surface area (Å²) in [6.45, 7) is 1.64. The van der Waals surface area contributed by atoms with Crippen LogP contribution in [0.3, 0.4) is 0 Å². The Bertz CT molecular complexity index is 728. The maximum atomic E-state index is 13.1. The first-order valence-corrected chi connectivity index (χ1v) is 9.05. The van der Waals surface area contributed by atoms with Crippen LogP contribution < -0.4 is 0 Å². The van der Waals surface area contributed by atoms with Crippen molar-refractivity contribution in [1.29, 1.82) is 0 Å². The number of aromatic nitrogens is 1. The Labute approximate surface area is 147 Å². The largest absolute Gasteiger partial charge is 0.393 e. The second-order valence-corrected chi connectivity index (χ2v) is 6.95. The molecular formula is C20H24N2O3. The Morgan fingerprint density at radius 2 is 2.00 bits per heavy atom. The summed E-state index contributed by atoms with van der Waals surface area (Å²) in [4.78, 5) is 18.2. The molecule has 5 heteroatoms. The number of ether oxygens (including phenoxy) is 1. The van der Waals surface area contributed by atoms with Gasteiger partial charge in [0, 0.05) is 18.2 Å². The molecule has 1 saturated heterocycles. The van der Waals surface area contributed by atoms with Crippen LogP contribution in [0, 0.1) is 5.92 Å². The summed E-state index contributed by atoms with van der Waals surface area (Å²) in [5, 5.41) is 10.3. The van der Waals surface area contributed by atoms with E-state index in [4.69, 9.17) is 4.74 Å². The number of amides is 1. The number of rotatable bonds is 3. The van der Waals surface area contributed by atoms with Crippen LogP contribution in [0.15, 0.2) is 42.5 Å². The summed E-state index contributed by atoms with van der Waals surface area (Å²) < 4.78 is 5.62. The molecule has 5 nitrogen and oxygen atoms in total. The molecule has 1 aromatic carbocycles. The van der Waals surface area contributed by atoms with Gasteiger partial charge in [-0.3, -0.25) is 4.79 Å². The van der Waals surface area contributed by atoms with E-state index in [-0.39, 0.29) is 24.0 Å². The highest BCUT2D eigenvalue weighted by molar-refractivity contribution is 5.93. The van der Waals surface area contributed by atoms with Crippen molar-refractivity contribution >= 4 is 5.91 Å². The molecule has 0 radical (unpaired) electrons. The third kappa shape index (κ3) is 3.22. The third-order valence-electron chi connectivity index (χ3n) is 5.45. The molecule has 4 rings (SSSR count). The average molecular weight is 340 g/mol. The van der Waals surface area contributed by atoms with E-state index < -0.39 is 0 Å². The van der Waals surface area contributed by atoms with Gasteiger partial charge in [0.2, 0.25) is 0 Å². The van der Waals surface area contributed by atoms with Crippen molar-refractivity contribution in [1.82, 2.24) is 9.88 Å². The van der Waals surface area contributed by atoms with Crippen LogP contribution in [-0.4, -0.2) is 52.8 Å². The molecule has 132 valence electrons. The second-order valence-electron chi connectivity index (χ2n) is 6.95. The van der Waals surface area contributed by atoms with E-state index in [2.05, 4.69) is 4.98 Å². The zero-order valence-corrected chi connectivity index (χ0v) is 14.2. The summed E-state index contributed by atoms with van der Waals surface area (Å²) in [6, 6.07) is 13.7. The second kappa shape index (κ2) is 7.02. The van der Waals surface area contributed by atoms with Crippen molar-refractivity contribution in [2.24, 2.45) is 5.92 Å². The van der Waals surface area contributed by atoms with Gasteiger partial charge < -0.3 is 19.7 Å². The summed E-state index contributed by atoms with van der Waals surface area (Å²) in [6.07, 6.45) is 2.47. The molecule has 1 amide bonds. The first kappa shape index (κ1) is 16.4. The van der Waals surface area contributed by atoms with E-state index in [0.717, 1.165) is 30.5 Å². The van der Waals surface area contributed by atoms with Crippen molar-refractivity contribution in [3.63, 3.8) is 0 Å². The van der Waals surface area contributed by atoms with Crippen molar-refractivity contribution in [3.05, 3.63) is 48.2 Å². The first-order chi connectivity index (χ1) is 12.2. The van der Waals surface area contributed by atoms with Crippen molar-refractivity contribution in [3.8, 4) is 11.3 Å². The van der Waals surface area contributed by atoms with Crippen LogP contribution in [0.2, 0.25) is 0 Å². The number of aromatic amines is 1. The average Bonchev–Trinajstić information content (AvgIpc) is 3.31. The Morgan fingerprint density at radius 1 is 1.16 bits per heavy atom. The molecule has 0 spiro atoms. The lowest BCUT2D eigenvalue weighted by Gasteiger charge is -2.39. The van der Waals surface area contributed by atoms with Crippen LogP contribution >= 0.6 is 0 Å². The minimum atomic E-state index is -0.328. The van der Waals surface area contributed by atoms with E-state index in [1.807, 2.05) is 47.4 Å². The van der Waals surface area contributed by atoms with Gasteiger partial charge in [0.15, 0.2) is 0 Å². The number of morpholine rings is 1. The van der Waals surface area contributed by atoms with Gasteiger partial charge in [-0.1, -0.05) is 36.8 Å².